The molecule has 6 nitrogen and oxygen atoms in total. The lowest BCUT2D eigenvalue weighted by atomic mass is 10.1. The van der Waals surface area contributed by atoms with Crippen molar-refractivity contribution in [1.29, 1.82) is 0 Å². The maximum Gasteiger partial charge on any atom is 0.262 e. The number of hydrogen-bond acceptors (Lipinski definition) is 4. The van der Waals surface area contributed by atoms with Gasteiger partial charge in [0, 0.05) is 12.7 Å². The lowest BCUT2D eigenvalue weighted by Gasteiger charge is -2.13. The Morgan fingerprint density at radius 1 is 1.19 bits per heavy atom. The first-order valence-electron chi connectivity index (χ1n) is 6.53. The molecule has 114 valence electrons. The topological polar surface area (TPSA) is 90.0 Å². The second kappa shape index (κ2) is 5.07. The molecule has 0 amide bonds. The summed E-state index contributed by atoms with van der Waals surface area (Å²) in [7, 11) is -1.93. The highest BCUT2D eigenvalue weighted by Gasteiger charge is 2.22. The molecule has 0 aliphatic rings. The molecule has 0 aliphatic heterocycles. The third-order valence-corrected chi connectivity index (χ3v) is 5.06. The molecule has 0 bridgehead atoms. The van der Waals surface area contributed by atoms with E-state index in [1.165, 1.54) is 0 Å². The van der Waals surface area contributed by atoms with Gasteiger partial charge in [0.25, 0.3) is 10.0 Å². The van der Waals surface area contributed by atoms with Crippen molar-refractivity contribution in [3.05, 3.63) is 34.6 Å². The summed E-state index contributed by atoms with van der Waals surface area (Å²) in [5.41, 5.74) is 9.59. The summed E-state index contributed by atoms with van der Waals surface area (Å²) in [6.45, 7) is 7.10. The zero-order valence-corrected chi connectivity index (χ0v) is 13.7. The minimum absolute atomic E-state index is 0.197. The molecule has 0 aliphatic carbocycles. The van der Waals surface area contributed by atoms with Crippen molar-refractivity contribution in [2.45, 2.75) is 32.6 Å². The van der Waals surface area contributed by atoms with Crippen molar-refractivity contribution in [3.8, 4) is 0 Å². The molecule has 0 fully saturated rings. The summed E-state index contributed by atoms with van der Waals surface area (Å²) >= 11 is 0. The van der Waals surface area contributed by atoms with E-state index in [0.717, 1.165) is 11.3 Å². The lowest BCUT2D eigenvalue weighted by Crippen LogP contribution is -2.16. The first-order chi connectivity index (χ1) is 9.63. The largest absolute Gasteiger partial charge is 0.398 e. The number of aromatic nitrogens is 2. The predicted molar refractivity (Wildman–Crippen MR) is 83.8 cm³/mol. The zero-order valence-electron chi connectivity index (χ0n) is 12.9. The Hall–Kier alpha value is -2.02. The van der Waals surface area contributed by atoms with Crippen LogP contribution in [0.15, 0.2) is 17.0 Å². The van der Waals surface area contributed by atoms with Crippen LogP contribution in [0.4, 0.5) is 11.4 Å². The van der Waals surface area contributed by atoms with Gasteiger partial charge in [-0.3, -0.25) is 9.40 Å². The van der Waals surface area contributed by atoms with Gasteiger partial charge in [0.1, 0.15) is 0 Å². The maximum atomic E-state index is 12.6. The van der Waals surface area contributed by atoms with Crippen LogP contribution in [0.5, 0.6) is 0 Å². The number of nitrogens with two attached hydrogens (primary N) is 1. The van der Waals surface area contributed by atoms with Gasteiger partial charge >= 0.3 is 0 Å². The molecule has 7 heteroatoms. The molecule has 2 rings (SSSR count). The molecule has 0 spiro atoms. The SMILES string of the molecule is Cc1cc(N)c(C)c(S(=O)(=O)Nc2c(C)nn(C)c2C)c1. The highest BCUT2D eigenvalue weighted by molar-refractivity contribution is 7.92. The number of nitrogens with zero attached hydrogens (tertiary/aromatic N) is 2. The summed E-state index contributed by atoms with van der Waals surface area (Å²) in [4.78, 5) is 0.197. The number of benzene rings is 1. The van der Waals surface area contributed by atoms with Crippen LogP contribution < -0.4 is 10.5 Å². The van der Waals surface area contributed by atoms with Gasteiger partial charge in [-0.1, -0.05) is 0 Å². The van der Waals surface area contributed by atoms with Crippen molar-refractivity contribution in [2.24, 2.45) is 7.05 Å². The predicted octanol–water partition coefficient (Wildman–Crippen LogP) is 2.04. The molecule has 1 aromatic heterocycles. The smallest absolute Gasteiger partial charge is 0.262 e. The van der Waals surface area contributed by atoms with Crippen LogP contribution in [0.2, 0.25) is 0 Å². The Labute approximate surface area is 125 Å². The molecule has 0 unspecified atom stereocenters. The second-order valence-electron chi connectivity index (χ2n) is 5.25. The molecule has 1 aromatic carbocycles. The summed E-state index contributed by atoms with van der Waals surface area (Å²) in [6, 6.07) is 3.38. The van der Waals surface area contributed by atoms with E-state index >= 15 is 0 Å². The Kier molecular flexibility index (Phi) is 3.71. The Bertz CT molecular complexity index is 807. The standard InChI is InChI=1S/C14H20N4O2S/c1-8-6-12(15)9(2)13(7-8)21(19,20)17-14-10(3)16-18(5)11(14)4/h6-7,17H,15H2,1-5H3. The molecule has 1 heterocycles. The fourth-order valence-electron chi connectivity index (χ4n) is 2.24. The van der Waals surface area contributed by atoms with Crippen molar-refractivity contribution in [2.75, 3.05) is 10.5 Å². The van der Waals surface area contributed by atoms with E-state index in [1.807, 2.05) is 13.8 Å². The van der Waals surface area contributed by atoms with Crippen molar-refractivity contribution in [3.63, 3.8) is 0 Å². The number of nitrogen functional groups attached to an aromatic ring is 1. The monoisotopic (exact) mass is 308 g/mol. The minimum Gasteiger partial charge on any atom is -0.398 e. The van der Waals surface area contributed by atoms with Crippen LogP contribution in [0.1, 0.15) is 22.5 Å². The number of anilines is 2. The van der Waals surface area contributed by atoms with E-state index in [0.29, 0.717) is 22.6 Å². The van der Waals surface area contributed by atoms with Crippen LogP contribution in [-0.4, -0.2) is 18.2 Å². The Morgan fingerprint density at radius 3 is 2.33 bits per heavy atom. The van der Waals surface area contributed by atoms with Crippen LogP contribution in [-0.2, 0) is 17.1 Å². The van der Waals surface area contributed by atoms with E-state index in [-0.39, 0.29) is 4.90 Å². The Balaban J connectivity index is 2.54. The fourth-order valence-corrected chi connectivity index (χ4v) is 3.78. The van der Waals surface area contributed by atoms with Crippen molar-refractivity contribution in [1.82, 2.24) is 9.78 Å². The number of rotatable bonds is 3. The van der Waals surface area contributed by atoms with Gasteiger partial charge in [0.15, 0.2) is 0 Å². The van der Waals surface area contributed by atoms with Crippen LogP contribution in [0, 0.1) is 27.7 Å². The second-order valence-corrected chi connectivity index (χ2v) is 6.90. The van der Waals surface area contributed by atoms with Crippen LogP contribution in [0.25, 0.3) is 0 Å². The van der Waals surface area contributed by atoms with Crippen LogP contribution >= 0.6 is 0 Å². The summed E-state index contributed by atoms with van der Waals surface area (Å²) < 4.78 is 29.5. The molecule has 3 N–H and O–H groups in total. The van der Waals surface area contributed by atoms with Crippen molar-refractivity contribution < 1.29 is 8.42 Å². The van der Waals surface area contributed by atoms with Crippen molar-refractivity contribution >= 4 is 21.4 Å². The van der Waals surface area contributed by atoms with E-state index in [2.05, 4.69) is 9.82 Å². The van der Waals surface area contributed by atoms with Gasteiger partial charge in [0.05, 0.1) is 22.0 Å². The van der Waals surface area contributed by atoms with Gasteiger partial charge in [0.2, 0.25) is 0 Å². The normalized spacial score (nSPS) is 11.7. The molecular formula is C14H20N4O2S. The summed E-state index contributed by atoms with van der Waals surface area (Å²) in [5, 5.41) is 4.21. The van der Waals surface area contributed by atoms with Crippen LogP contribution in [0.3, 0.4) is 0 Å². The van der Waals surface area contributed by atoms with E-state index < -0.39 is 10.0 Å². The average molecular weight is 308 g/mol. The summed E-state index contributed by atoms with van der Waals surface area (Å²) in [5.74, 6) is 0. The third-order valence-electron chi connectivity index (χ3n) is 3.58. The quantitative estimate of drug-likeness (QED) is 0.849. The molecule has 2 aromatic rings. The van der Waals surface area contributed by atoms with Gasteiger partial charge < -0.3 is 5.73 Å². The van der Waals surface area contributed by atoms with Gasteiger partial charge in [-0.15, -0.1) is 0 Å². The highest BCUT2D eigenvalue weighted by atomic mass is 32.2. The molecular weight excluding hydrogens is 288 g/mol. The van der Waals surface area contributed by atoms with E-state index in [1.54, 1.807) is 37.7 Å². The van der Waals surface area contributed by atoms with E-state index in [9.17, 15) is 8.42 Å². The number of sulfonamides is 1. The molecule has 0 saturated carbocycles. The molecule has 0 radical (unpaired) electrons. The first kappa shape index (κ1) is 15.4. The third kappa shape index (κ3) is 2.73. The molecule has 0 atom stereocenters. The molecule has 21 heavy (non-hydrogen) atoms. The number of hydrogen-bond donors (Lipinski definition) is 2. The average Bonchev–Trinajstić information content (AvgIpc) is 2.60. The van der Waals surface area contributed by atoms with Gasteiger partial charge in [-0.25, -0.2) is 8.42 Å². The highest BCUT2D eigenvalue weighted by Crippen LogP contribution is 2.27. The zero-order chi connectivity index (χ0) is 15.9. The Morgan fingerprint density at radius 2 is 1.81 bits per heavy atom. The van der Waals surface area contributed by atoms with Gasteiger partial charge in [-0.2, -0.15) is 5.10 Å². The first-order valence-corrected chi connectivity index (χ1v) is 8.01. The minimum atomic E-state index is -3.70. The van der Waals surface area contributed by atoms with Gasteiger partial charge in [-0.05, 0) is 51.0 Å². The molecule has 0 saturated heterocycles. The number of aryl methyl sites for hydroxylation is 3. The fraction of sp³-hybridized carbons (Fsp3) is 0.357. The number of nitrogens with one attached hydrogen (secondary N) is 1. The summed E-state index contributed by atoms with van der Waals surface area (Å²) in [6.07, 6.45) is 0. The maximum absolute atomic E-state index is 12.6. The van der Waals surface area contributed by atoms with E-state index in [4.69, 9.17) is 5.73 Å². The lowest BCUT2D eigenvalue weighted by molar-refractivity contribution is 0.600.